The number of hydrogen-bond acceptors (Lipinski definition) is 2. The summed E-state index contributed by atoms with van der Waals surface area (Å²) < 4.78 is 0. The maximum atomic E-state index is 12.7. The van der Waals surface area contributed by atoms with Crippen LogP contribution >= 0.6 is 11.6 Å². The van der Waals surface area contributed by atoms with Crippen LogP contribution in [0.5, 0.6) is 0 Å². The Morgan fingerprint density at radius 3 is 2.57 bits per heavy atom. The molecule has 0 spiro atoms. The maximum absolute atomic E-state index is 12.7. The van der Waals surface area contributed by atoms with Gasteiger partial charge in [0.15, 0.2) is 0 Å². The van der Waals surface area contributed by atoms with E-state index in [9.17, 15) is 9.90 Å². The molecule has 0 bridgehead atoms. The van der Waals surface area contributed by atoms with Gasteiger partial charge in [0.2, 0.25) is 5.91 Å². The van der Waals surface area contributed by atoms with E-state index in [4.69, 9.17) is 11.6 Å². The zero-order chi connectivity index (χ0) is 15.4. The largest absolute Gasteiger partial charge is 0.396 e. The van der Waals surface area contributed by atoms with Crippen LogP contribution in [0.3, 0.4) is 0 Å². The van der Waals surface area contributed by atoms with Crippen molar-refractivity contribution in [2.24, 2.45) is 11.8 Å². The molecule has 1 fully saturated rings. The van der Waals surface area contributed by atoms with Crippen LogP contribution in [-0.2, 0) is 4.79 Å². The minimum Gasteiger partial charge on any atom is -0.396 e. The molecule has 0 radical (unpaired) electrons. The van der Waals surface area contributed by atoms with Gasteiger partial charge in [-0.3, -0.25) is 4.79 Å². The summed E-state index contributed by atoms with van der Waals surface area (Å²) in [6, 6.07) is 7.60. The first-order chi connectivity index (χ1) is 10.0. The SMILES string of the molecule is CC(C)C(C(=O)NC1CCCC1CO)c1ccc(Cl)cc1. The molecule has 1 saturated carbocycles. The van der Waals surface area contributed by atoms with Gasteiger partial charge in [-0.15, -0.1) is 0 Å². The molecule has 1 aromatic carbocycles. The highest BCUT2D eigenvalue weighted by molar-refractivity contribution is 6.30. The van der Waals surface area contributed by atoms with Gasteiger partial charge in [0, 0.05) is 23.6 Å². The highest BCUT2D eigenvalue weighted by Crippen LogP contribution is 2.29. The first-order valence-electron chi connectivity index (χ1n) is 7.69. The summed E-state index contributed by atoms with van der Waals surface area (Å²) in [5.74, 6) is 0.284. The summed E-state index contributed by atoms with van der Waals surface area (Å²) in [6.07, 6.45) is 3.03. The van der Waals surface area contributed by atoms with Gasteiger partial charge in [-0.1, -0.05) is 44.0 Å². The molecule has 0 aliphatic heterocycles. The first kappa shape index (κ1) is 16.3. The summed E-state index contributed by atoms with van der Waals surface area (Å²) in [4.78, 5) is 12.7. The van der Waals surface area contributed by atoms with Gasteiger partial charge in [0.25, 0.3) is 0 Å². The van der Waals surface area contributed by atoms with Crippen molar-refractivity contribution in [3.8, 4) is 0 Å². The van der Waals surface area contributed by atoms with Crippen LogP contribution in [-0.4, -0.2) is 23.7 Å². The molecule has 116 valence electrons. The van der Waals surface area contributed by atoms with E-state index >= 15 is 0 Å². The highest BCUT2D eigenvalue weighted by atomic mass is 35.5. The molecule has 3 atom stereocenters. The molecule has 1 aliphatic carbocycles. The fraction of sp³-hybridized carbons (Fsp3) is 0.588. The van der Waals surface area contributed by atoms with Crippen LogP contribution in [0.25, 0.3) is 0 Å². The Balaban J connectivity index is 2.11. The Kier molecular flexibility index (Phi) is 5.65. The number of nitrogens with one attached hydrogen (secondary N) is 1. The molecular weight excluding hydrogens is 286 g/mol. The Morgan fingerprint density at radius 1 is 1.33 bits per heavy atom. The van der Waals surface area contributed by atoms with Crippen molar-refractivity contribution in [1.82, 2.24) is 5.32 Å². The van der Waals surface area contributed by atoms with Gasteiger partial charge in [-0.05, 0) is 36.5 Å². The Hall–Kier alpha value is -1.06. The van der Waals surface area contributed by atoms with Gasteiger partial charge < -0.3 is 10.4 Å². The number of carbonyl (C=O) groups is 1. The monoisotopic (exact) mass is 309 g/mol. The van der Waals surface area contributed by atoms with Crippen molar-refractivity contribution in [1.29, 1.82) is 0 Å². The standard InChI is InChI=1S/C17H24ClNO2/c1-11(2)16(12-6-8-14(18)9-7-12)17(21)19-15-5-3-4-13(15)10-20/h6-9,11,13,15-16,20H,3-5,10H2,1-2H3,(H,19,21). The third-order valence-electron chi connectivity index (χ3n) is 4.40. The lowest BCUT2D eigenvalue weighted by Crippen LogP contribution is -2.42. The van der Waals surface area contributed by atoms with Crippen molar-refractivity contribution in [3.05, 3.63) is 34.9 Å². The minimum atomic E-state index is -0.179. The first-order valence-corrected chi connectivity index (χ1v) is 8.07. The molecule has 2 rings (SSSR count). The van der Waals surface area contributed by atoms with Crippen LogP contribution in [0.15, 0.2) is 24.3 Å². The molecule has 1 amide bonds. The Morgan fingerprint density at radius 2 is 2.00 bits per heavy atom. The molecule has 1 aliphatic rings. The number of halogens is 1. The van der Waals surface area contributed by atoms with Crippen LogP contribution in [0, 0.1) is 11.8 Å². The molecule has 0 heterocycles. The number of hydrogen-bond donors (Lipinski definition) is 2. The zero-order valence-corrected chi connectivity index (χ0v) is 13.4. The number of aliphatic hydroxyl groups excluding tert-OH is 1. The van der Waals surface area contributed by atoms with Gasteiger partial charge in [-0.25, -0.2) is 0 Å². The van der Waals surface area contributed by atoms with Crippen molar-refractivity contribution in [2.45, 2.75) is 45.1 Å². The van der Waals surface area contributed by atoms with E-state index in [2.05, 4.69) is 19.2 Å². The average Bonchev–Trinajstić information content (AvgIpc) is 2.88. The Labute approximate surface area is 131 Å². The quantitative estimate of drug-likeness (QED) is 0.876. The van der Waals surface area contributed by atoms with E-state index < -0.39 is 0 Å². The molecule has 0 saturated heterocycles. The summed E-state index contributed by atoms with van der Waals surface area (Å²) >= 11 is 5.92. The van der Waals surface area contributed by atoms with E-state index in [0.29, 0.717) is 5.02 Å². The van der Waals surface area contributed by atoms with E-state index in [1.807, 2.05) is 24.3 Å². The van der Waals surface area contributed by atoms with Crippen LogP contribution < -0.4 is 5.32 Å². The van der Waals surface area contributed by atoms with Crippen molar-refractivity contribution < 1.29 is 9.90 Å². The lowest BCUT2D eigenvalue weighted by Gasteiger charge is -2.25. The number of benzene rings is 1. The van der Waals surface area contributed by atoms with Crippen LogP contribution in [0.4, 0.5) is 0 Å². The number of aliphatic hydroxyl groups is 1. The Bertz CT molecular complexity index is 472. The second-order valence-corrected chi connectivity index (χ2v) is 6.70. The van der Waals surface area contributed by atoms with Gasteiger partial charge in [-0.2, -0.15) is 0 Å². The van der Waals surface area contributed by atoms with Gasteiger partial charge >= 0.3 is 0 Å². The summed E-state index contributed by atoms with van der Waals surface area (Å²) in [6.45, 7) is 4.26. The fourth-order valence-electron chi connectivity index (χ4n) is 3.23. The average molecular weight is 310 g/mol. The molecule has 2 N–H and O–H groups in total. The second-order valence-electron chi connectivity index (χ2n) is 6.26. The maximum Gasteiger partial charge on any atom is 0.228 e. The predicted octanol–water partition coefficient (Wildman–Crippen LogP) is 3.36. The summed E-state index contributed by atoms with van der Waals surface area (Å²) in [7, 11) is 0. The van der Waals surface area contributed by atoms with Gasteiger partial charge in [0.05, 0.1) is 5.92 Å². The number of amides is 1. The zero-order valence-electron chi connectivity index (χ0n) is 12.7. The van der Waals surface area contributed by atoms with E-state index in [0.717, 1.165) is 24.8 Å². The third-order valence-corrected chi connectivity index (χ3v) is 4.65. The fourth-order valence-corrected chi connectivity index (χ4v) is 3.35. The molecule has 3 unspecified atom stereocenters. The van der Waals surface area contributed by atoms with Crippen LogP contribution in [0.1, 0.15) is 44.6 Å². The molecular formula is C17H24ClNO2. The van der Waals surface area contributed by atoms with Crippen molar-refractivity contribution in [2.75, 3.05) is 6.61 Å². The minimum absolute atomic E-state index is 0.0534. The van der Waals surface area contributed by atoms with E-state index in [-0.39, 0.29) is 36.3 Å². The second kappa shape index (κ2) is 7.28. The lowest BCUT2D eigenvalue weighted by molar-refractivity contribution is -0.124. The lowest BCUT2D eigenvalue weighted by atomic mass is 9.87. The van der Waals surface area contributed by atoms with Crippen molar-refractivity contribution >= 4 is 17.5 Å². The normalized spacial score (nSPS) is 23.3. The summed E-state index contributed by atoms with van der Waals surface area (Å²) in [5, 5.41) is 13.2. The molecule has 1 aromatic rings. The topological polar surface area (TPSA) is 49.3 Å². The number of rotatable bonds is 5. The predicted molar refractivity (Wildman–Crippen MR) is 85.4 cm³/mol. The van der Waals surface area contributed by atoms with E-state index in [1.165, 1.54) is 0 Å². The molecule has 3 nitrogen and oxygen atoms in total. The third kappa shape index (κ3) is 3.98. The van der Waals surface area contributed by atoms with Crippen LogP contribution in [0.2, 0.25) is 5.02 Å². The number of carbonyl (C=O) groups excluding carboxylic acids is 1. The highest BCUT2D eigenvalue weighted by Gasteiger charge is 2.31. The molecule has 21 heavy (non-hydrogen) atoms. The molecule has 4 heteroatoms. The van der Waals surface area contributed by atoms with E-state index in [1.54, 1.807) is 0 Å². The van der Waals surface area contributed by atoms with Crippen molar-refractivity contribution in [3.63, 3.8) is 0 Å². The molecule has 0 aromatic heterocycles. The van der Waals surface area contributed by atoms with Gasteiger partial charge in [0.1, 0.15) is 0 Å². The summed E-state index contributed by atoms with van der Waals surface area (Å²) in [5.41, 5.74) is 0.991. The smallest absolute Gasteiger partial charge is 0.228 e.